The summed E-state index contributed by atoms with van der Waals surface area (Å²) in [4.78, 5) is 26.4. The van der Waals surface area contributed by atoms with Crippen LogP contribution in [0.25, 0.3) is 38.8 Å². The van der Waals surface area contributed by atoms with Crippen LogP contribution in [0.2, 0.25) is 5.02 Å². The van der Waals surface area contributed by atoms with Gasteiger partial charge in [0, 0.05) is 24.0 Å². The van der Waals surface area contributed by atoms with Crippen molar-refractivity contribution in [1.82, 2.24) is 19.5 Å². The van der Waals surface area contributed by atoms with Crippen molar-refractivity contribution in [3.05, 3.63) is 83.5 Å². The normalized spacial score (nSPS) is 13.8. The van der Waals surface area contributed by atoms with E-state index in [1.165, 1.54) is 7.11 Å². The van der Waals surface area contributed by atoms with Gasteiger partial charge in [0.25, 0.3) is 0 Å². The lowest BCUT2D eigenvalue weighted by Gasteiger charge is -2.26. The van der Waals surface area contributed by atoms with E-state index in [2.05, 4.69) is 14.5 Å². The Morgan fingerprint density at radius 2 is 1.88 bits per heavy atom. The van der Waals surface area contributed by atoms with E-state index in [9.17, 15) is 4.79 Å². The van der Waals surface area contributed by atoms with Gasteiger partial charge in [0.15, 0.2) is 0 Å². The number of para-hydroxylation sites is 1. The number of halogens is 1. The molecule has 0 saturated carbocycles. The third-order valence-corrected chi connectivity index (χ3v) is 6.45. The van der Waals surface area contributed by atoms with Gasteiger partial charge < -0.3 is 9.47 Å². The maximum Gasteiger partial charge on any atom is 0.340 e. The number of carbonyl (C=O) groups excluding carboxylic acids is 1. The first kappa shape index (κ1) is 20.8. The number of rotatable bonds is 4. The van der Waals surface area contributed by atoms with Crippen LogP contribution >= 0.6 is 11.6 Å². The van der Waals surface area contributed by atoms with Gasteiger partial charge in [0.1, 0.15) is 11.3 Å². The Labute approximate surface area is 199 Å². The summed E-state index contributed by atoms with van der Waals surface area (Å²) in [5.41, 5.74) is 5.18. The van der Waals surface area contributed by atoms with Crippen LogP contribution < -0.4 is 0 Å². The van der Waals surface area contributed by atoms with Crippen LogP contribution in [0.1, 0.15) is 22.1 Å². The Hall–Kier alpha value is -3.81. The van der Waals surface area contributed by atoms with Gasteiger partial charge >= 0.3 is 5.97 Å². The molecular weight excluding hydrogens is 452 g/mol. The molecule has 34 heavy (non-hydrogen) atoms. The predicted octanol–water partition coefficient (Wildman–Crippen LogP) is 5.19. The molecule has 4 heterocycles. The lowest BCUT2D eigenvalue weighted by molar-refractivity contribution is 0.00449. The molecule has 5 aromatic rings. The van der Waals surface area contributed by atoms with E-state index in [0.717, 1.165) is 33.5 Å². The molecule has 3 aromatic heterocycles. The van der Waals surface area contributed by atoms with Crippen molar-refractivity contribution >= 4 is 39.5 Å². The second-order valence-corrected chi connectivity index (χ2v) is 8.53. The monoisotopic (exact) mass is 470 g/mol. The number of esters is 1. The van der Waals surface area contributed by atoms with Crippen LogP contribution in [0.4, 0.5) is 0 Å². The summed E-state index contributed by atoms with van der Waals surface area (Å²) in [5.74, 6) is 0.486. The van der Waals surface area contributed by atoms with Crippen molar-refractivity contribution in [2.45, 2.75) is 5.92 Å². The highest BCUT2D eigenvalue weighted by Crippen LogP contribution is 2.37. The minimum Gasteiger partial charge on any atom is -0.465 e. The molecule has 0 radical (unpaired) electrons. The largest absolute Gasteiger partial charge is 0.465 e. The Morgan fingerprint density at radius 1 is 1.06 bits per heavy atom. The lowest BCUT2D eigenvalue weighted by atomic mass is 10.0. The van der Waals surface area contributed by atoms with Crippen LogP contribution in [-0.4, -0.2) is 45.8 Å². The fourth-order valence-corrected chi connectivity index (χ4v) is 4.63. The molecule has 0 spiro atoms. The maximum absolute atomic E-state index is 12.8. The molecule has 0 aliphatic carbocycles. The molecule has 7 nitrogen and oxygen atoms in total. The molecule has 168 valence electrons. The number of fused-ring (bicyclic) bond motifs is 2. The van der Waals surface area contributed by atoms with Crippen LogP contribution in [0.5, 0.6) is 0 Å². The van der Waals surface area contributed by atoms with E-state index in [1.807, 2.05) is 48.5 Å². The fourth-order valence-electron chi connectivity index (χ4n) is 4.40. The van der Waals surface area contributed by atoms with Crippen LogP contribution in [0, 0.1) is 0 Å². The van der Waals surface area contributed by atoms with E-state index in [0.29, 0.717) is 34.8 Å². The number of aromatic nitrogens is 4. The number of hydrogen-bond donors (Lipinski definition) is 0. The topological polar surface area (TPSA) is 79.1 Å². The van der Waals surface area contributed by atoms with E-state index in [1.54, 1.807) is 18.6 Å². The number of carbonyl (C=O) groups is 1. The number of methoxy groups -OCH3 is 1. The van der Waals surface area contributed by atoms with E-state index < -0.39 is 5.97 Å². The quantitative estimate of drug-likeness (QED) is 0.336. The summed E-state index contributed by atoms with van der Waals surface area (Å²) < 4.78 is 12.7. The SMILES string of the molecule is COC(=O)c1cc(-c2ccncc2)cc2c1nc(C1COC1)n2-c1ccnc2c(Cl)cccc12. The smallest absolute Gasteiger partial charge is 0.340 e. The molecule has 1 fully saturated rings. The molecule has 0 atom stereocenters. The van der Waals surface area contributed by atoms with Crippen molar-refractivity contribution < 1.29 is 14.3 Å². The molecule has 0 bridgehead atoms. The number of ether oxygens (including phenoxy) is 2. The van der Waals surface area contributed by atoms with Gasteiger partial charge in [-0.1, -0.05) is 23.7 Å². The molecule has 0 amide bonds. The van der Waals surface area contributed by atoms with Crippen molar-refractivity contribution in [2.75, 3.05) is 20.3 Å². The van der Waals surface area contributed by atoms with Gasteiger partial charge in [-0.15, -0.1) is 0 Å². The summed E-state index contributed by atoms with van der Waals surface area (Å²) in [6, 6.07) is 15.3. The van der Waals surface area contributed by atoms with Crippen molar-refractivity contribution in [3.63, 3.8) is 0 Å². The Balaban J connectivity index is 1.73. The summed E-state index contributed by atoms with van der Waals surface area (Å²) in [6.07, 6.45) is 5.19. The molecular formula is C26H19ClN4O3. The molecule has 0 unspecified atom stereocenters. The summed E-state index contributed by atoms with van der Waals surface area (Å²) in [5, 5.41) is 1.47. The van der Waals surface area contributed by atoms with Crippen molar-refractivity contribution in [2.24, 2.45) is 0 Å². The summed E-state index contributed by atoms with van der Waals surface area (Å²) >= 11 is 6.47. The van der Waals surface area contributed by atoms with Gasteiger partial charge in [-0.25, -0.2) is 9.78 Å². The zero-order valence-corrected chi connectivity index (χ0v) is 19.0. The first-order valence-electron chi connectivity index (χ1n) is 10.8. The highest BCUT2D eigenvalue weighted by molar-refractivity contribution is 6.35. The van der Waals surface area contributed by atoms with Crippen LogP contribution in [0.15, 0.2) is 67.1 Å². The maximum atomic E-state index is 12.8. The average molecular weight is 471 g/mol. The van der Waals surface area contributed by atoms with Gasteiger partial charge in [-0.05, 0) is 47.5 Å². The van der Waals surface area contributed by atoms with Gasteiger partial charge in [-0.2, -0.15) is 0 Å². The average Bonchev–Trinajstić information content (AvgIpc) is 3.20. The molecule has 1 aliphatic rings. The third kappa shape index (κ3) is 3.24. The Morgan fingerprint density at radius 3 is 2.62 bits per heavy atom. The molecule has 0 N–H and O–H groups in total. The molecule has 1 aliphatic heterocycles. The highest BCUT2D eigenvalue weighted by Gasteiger charge is 2.30. The number of imidazole rings is 1. The molecule has 6 rings (SSSR count). The molecule has 1 saturated heterocycles. The second kappa shape index (κ2) is 8.20. The van der Waals surface area contributed by atoms with Gasteiger partial charge in [0.2, 0.25) is 0 Å². The fraction of sp³-hybridized carbons (Fsp3) is 0.154. The first-order valence-corrected chi connectivity index (χ1v) is 11.2. The Kier molecular flexibility index (Phi) is 5.01. The minimum absolute atomic E-state index is 0.102. The van der Waals surface area contributed by atoms with Gasteiger partial charge in [-0.3, -0.25) is 14.5 Å². The second-order valence-electron chi connectivity index (χ2n) is 8.12. The number of benzene rings is 2. The standard InChI is InChI=1S/C26H19ClN4O3/c1-33-26(32)19-11-16(15-5-8-28-9-6-15)12-22-24(19)30-25(17-13-34-14-17)31(22)21-7-10-29-23-18(21)3-2-4-20(23)27/h2-12,17H,13-14H2,1H3. The van der Waals surface area contributed by atoms with E-state index in [4.69, 9.17) is 26.1 Å². The summed E-state index contributed by atoms with van der Waals surface area (Å²) in [6.45, 7) is 1.13. The van der Waals surface area contributed by atoms with Gasteiger partial charge in [0.05, 0.1) is 53.5 Å². The van der Waals surface area contributed by atoms with E-state index in [-0.39, 0.29) is 5.92 Å². The zero-order chi connectivity index (χ0) is 23.2. The van der Waals surface area contributed by atoms with Crippen LogP contribution in [-0.2, 0) is 9.47 Å². The first-order chi connectivity index (χ1) is 16.7. The lowest BCUT2D eigenvalue weighted by Crippen LogP contribution is -2.28. The van der Waals surface area contributed by atoms with Crippen molar-refractivity contribution in [3.8, 4) is 16.8 Å². The van der Waals surface area contributed by atoms with E-state index >= 15 is 0 Å². The van der Waals surface area contributed by atoms with Crippen molar-refractivity contribution in [1.29, 1.82) is 0 Å². The number of pyridine rings is 2. The predicted molar refractivity (Wildman–Crippen MR) is 130 cm³/mol. The van der Waals surface area contributed by atoms with Crippen LogP contribution in [0.3, 0.4) is 0 Å². The third-order valence-electron chi connectivity index (χ3n) is 6.15. The minimum atomic E-state index is -0.440. The number of nitrogens with zero attached hydrogens (tertiary/aromatic N) is 4. The summed E-state index contributed by atoms with van der Waals surface area (Å²) in [7, 11) is 1.38. The molecule has 8 heteroatoms. The number of hydrogen-bond acceptors (Lipinski definition) is 6. The highest BCUT2D eigenvalue weighted by atomic mass is 35.5. The Bertz CT molecular complexity index is 1560. The molecule has 2 aromatic carbocycles. The zero-order valence-electron chi connectivity index (χ0n) is 18.2.